The molecule has 0 saturated heterocycles. The van der Waals surface area contributed by atoms with Crippen LogP contribution in [0.4, 0.5) is 5.69 Å². The van der Waals surface area contributed by atoms with E-state index in [1.54, 1.807) is 6.07 Å². The molecule has 1 atom stereocenters. The van der Waals surface area contributed by atoms with Crippen molar-refractivity contribution in [2.45, 2.75) is 52.7 Å². The number of ether oxygens (including phenoxy) is 1. The van der Waals surface area contributed by atoms with Crippen LogP contribution >= 0.6 is 12.4 Å². The zero-order chi connectivity index (χ0) is 18.4. The Morgan fingerprint density at radius 2 is 1.77 bits per heavy atom. The fourth-order valence-corrected chi connectivity index (χ4v) is 2.65. The van der Waals surface area contributed by atoms with Crippen molar-refractivity contribution in [1.29, 1.82) is 0 Å². The van der Waals surface area contributed by atoms with E-state index < -0.39 is 0 Å². The summed E-state index contributed by atoms with van der Waals surface area (Å²) in [4.78, 5) is 12.4. The maximum atomic E-state index is 12.4. The first-order valence-electron chi connectivity index (χ1n) is 8.77. The highest BCUT2D eigenvalue weighted by molar-refractivity contribution is 5.96. The average Bonchev–Trinajstić information content (AvgIpc) is 2.56. The summed E-state index contributed by atoms with van der Waals surface area (Å²) in [5.41, 5.74) is 9.19. The Morgan fingerprint density at radius 1 is 1.12 bits per heavy atom. The molecule has 2 rings (SSSR count). The van der Waals surface area contributed by atoms with Crippen LogP contribution in [0.25, 0.3) is 0 Å². The summed E-state index contributed by atoms with van der Waals surface area (Å²) in [5.74, 6) is 0.815. The zero-order valence-electron chi connectivity index (χ0n) is 15.9. The van der Waals surface area contributed by atoms with Gasteiger partial charge in [0, 0.05) is 17.3 Å². The molecule has 0 fully saturated rings. The van der Waals surface area contributed by atoms with Crippen LogP contribution in [0.2, 0.25) is 0 Å². The Labute approximate surface area is 162 Å². The highest BCUT2D eigenvalue weighted by Gasteiger charge is 2.12. The van der Waals surface area contributed by atoms with E-state index in [1.807, 2.05) is 52.0 Å². The third-order valence-corrected chi connectivity index (χ3v) is 4.04. The molecule has 1 unspecified atom stereocenters. The molecule has 0 spiro atoms. The lowest BCUT2D eigenvalue weighted by Crippen LogP contribution is -2.33. The number of rotatable bonds is 7. The van der Waals surface area contributed by atoms with E-state index in [0.29, 0.717) is 11.3 Å². The molecule has 3 N–H and O–H groups in total. The van der Waals surface area contributed by atoms with Gasteiger partial charge >= 0.3 is 0 Å². The Kier molecular flexibility index (Phi) is 8.46. The molecule has 0 aliphatic carbocycles. The average molecular weight is 377 g/mol. The third kappa shape index (κ3) is 6.60. The highest BCUT2D eigenvalue weighted by Crippen LogP contribution is 2.16. The van der Waals surface area contributed by atoms with Crippen LogP contribution < -0.4 is 15.8 Å². The second-order valence-electron chi connectivity index (χ2n) is 6.80. The fraction of sp³-hybridized carbons (Fsp3) is 0.381. The van der Waals surface area contributed by atoms with E-state index in [9.17, 15) is 4.79 Å². The van der Waals surface area contributed by atoms with Crippen molar-refractivity contribution < 1.29 is 9.53 Å². The maximum Gasteiger partial charge on any atom is 0.251 e. The molecule has 0 aromatic heterocycles. The molecular weight excluding hydrogens is 348 g/mol. The van der Waals surface area contributed by atoms with Gasteiger partial charge in [-0.2, -0.15) is 0 Å². The molecule has 0 aliphatic heterocycles. The van der Waals surface area contributed by atoms with Gasteiger partial charge in [-0.05, 0) is 75.9 Å². The number of halogens is 1. The smallest absolute Gasteiger partial charge is 0.251 e. The number of nitrogens with one attached hydrogen (secondary N) is 1. The van der Waals surface area contributed by atoms with E-state index in [2.05, 4.69) is 17.4 Å². The van der Waals surface area contributed by atoms with E-state index in [1.165, 1.54) is 5.56 Å². The molecule has 0 heterocycles. The Hall–Kier alpha value is -2.20. The van der Waals surface area contributed by atoms with Gasteiger partial charge in [0.1, 0.15) is 5.75 Å². The molecule has 0 radical (unpaired) electrons. The van der Waals surface area contributed by atoms with Gasteiger partial charge in [-0.3, -0.25) is 4.79 Å². The normalized spacial score (nSPS) is 11.6. The summed E-state index contributed by atoms with van der Waals surface area (Å²) < 4.78 is 5.65. The van der Waals surface area contributed by atoms with Gasteiger partial charge in [0.05, 0.1) is 6.10 Å². The highest BCUT2D eigenvalue weighted by atomic mass is 35.5. The van der Waals surface area contributed by atoms with Gasteiger partial charge < -0.3 is 15.8 Å². The van der Waals surface area contributed by atoms with Gasteiger partial charge in [-0.15, -0.1) is 12.4 Å². The molecule has 0 aliphatic rings. The van der Waals surface area contributed by atoms with Crippen LogP contribution in [0, 0.1) is 6.92 Å². The van der Waals surface area contributed by atoms with Gasteiger partial charge in [-0.25, -0.2) is 0 Å². The number of amides is 1. The summed E-state index contributed by atoms with van der Waals surface area (Å²) in [7, 11) is 0. The molecular formula is C21H29ClN2O2. The van der Waals surface area contributed by atoms with Gasteiger partial charge in [0.15, 0.2) is 0 Å². The number of nitrogens with two attached hydrogens (primary N) is 1. The standard InChI is InChI=1S/C21H28N2O2.ClH/c1-14(2)25-19-11-8-17(9-12-19)7-6-16(4)23-21(24)20-13-18(22)10-5-15(20)3;/h5,8-14,16H,6-7,22H2,1-4H3,(H,23,24);1H. The molecule has 0 bridgehead atoms. The van der Waals surface area contributed by atoms with Gasteiger partial charge in [0.25, 0.3) is 5.91 Å². The number of benzene rings is 2. The summed E-state index contributed by atoms with van der Waals surface area (Å²) in [6.07, 6.45) is 1.95. The summed E-state index contributed by atoms with van der Waals surface area (Å²) in [5, 5.41) is 3.05. The fourth-order valence-electron chi connectivity index (χ4n) is 2.65. The Morgan fingerprint density at radius 3 is 2.38 bits per heavy atom. The molecule has 1 amide bonds. The second kappa shape index (κ2) is 10.1. The monoisotopic (exact) mass is 376 g/mol. The van der Waals surface area contributed by atoms with Crippen molar-refractivity contribution in [3.05, 3.63) is 59.2 Å². The van der Waals surface area contributed by atoms with Crippen LogP contribution in [0.5, 0.6) is 5.75 Å². The van der Waals surface area contributed by atoms with Crippen molar-refractivity contribution in [3.8, 4) is 5.75 Å². The van der Waals surface area contributed by atoms with Crippen molar-refractivity contribution in [1.82, 2.24) is 5.32 Å². The minimum absolute atomic E-state index is 0. The number of nitrogen functional groups attached to an aromatic ring is 1. The first-order valence-corrected chi connectivity index (χ1v) is 8.77. The lowest BCUT2D eigenvalue weighted by atomic mass is 10.0. The number of anilines is 1. The van der Waals surface area contributed by atoms with Crippen molar-refractivity contribution >= 4 is 24.0 Å². The van der Waals surface area contributed by atoms with Crippen LogP contribution in [0.15, 0.2) is 42.5 Å². The Bertz CT molecular complexity index is 714. The maximum absolute atomic E-state index is 12.4. The molecule has 0 saturated carbocycles. The lowest BCUT2D eigenvalue weighted by molar-refractivity contribution is 0.0938. The van der Waals surface area contributed by atoms with Crippen LogP contribution in [-0.4, -0.2) is 18.1 Å². The molecule has 26 heavy (non-hydrogen) atoms. The Balaban J connectivity index is 0.00000338. The molecule has 2 aromatic rings. The third-order valence-electron chi connectivity index (χ3n) is 4.04. The van der Waals surface area contributed by atoms with Gasteiger partial charge in [0.2, 0.25) is 0 Å². The van der Waals surface area contributed by atoms with Crippen molar-refractivity contribution in [3.63, 3.8) is 0 Å². The molecule has 4 nitrogen and oxygen atoms in total. The second-order valence-corrected chi connectivity index (χ2v) is 6.80. The minimum atomic E-state index is -0.0713. The number of carbonyl (C=O) groups is 1. The van der Waals surface area contributed by atoms with Crippen molar-refractivity contribution in [2.24, 2.45) is 0 Å². The lowest BCUT2D eigenvalue weighted by Gasteiger charge is -2.15. The van der Waals surface area contributed by atoms with Crippen LogP contribution in [0.3, 0.4) is 0 Å². The van der Waals surface area contributed by atoms with Crippen LogP contribution in [-0.2, 0) is 6.42 Å². The molecule has 5 heteroatoms. The predicted molar refractivity (Wildman–Crippen MR) is 110 cm³/mol. The first-order chi connectivity index (χ1) is 11.8. The number of carbonyl (C=O) groups excluding carboxylic acids is 1. The number of aryl methyl sites for hydroxylation is 2. The summed E-state index contributed by atoms with van der Waals surface area (Å²) in [6.45, 7) is 7.97. The zero-order valence-corrected chi connectivity index (χ0v) is 16.7. The predicted octanol–water partition coefficient (Wildman–Crippen LogP) is 4.54. The summed E-state index contributed by atoms with van der Waals surface area (Å²) >= 11 is 0. The molecule has 2 aromatic carbocycles. The minimum Gasteiger partial charge on any atom is -0.491 e. The van der Waals surface area contributed by atoms with E-state index >= 15 is 0 Å². The first kappa shape index (κ1) is 21.8. The largest absolute Gasteiger partial charge is 0.491 e. The quantitative estimate of drug-likeness (QED) is 0.697. The van der Waals surface area contributed by atoms with E-state index in [-0.39, 0.29) is 30.5 Å². The number of hydrogen-bond donors (Lipinski definition) is 2. The van der Waals surface area contributed by atoms with E-state index in [0.717, 1.165) is 24.2 Å². The topological polar surface area (TPSA) is 64.4 Å². The van der Waals surface area contributed by atoms with Crippen LogP contribution in [0.1, 0.15) is 48.7 Å². The SMILES string of the molecule is Cc1ccc(N)cc1C(=O)NC(C)CCc1ccc(OC(C)C)cc1.Cl. The van der Waals surface area contributed by atoms with Crippen molar-refractivity contribution in [2.75, 3.05) is 5.73 Å². The van der Waals surface area contributed by atoms with Gasteiger partial charge in [-0.1, -0.05) is 18.2 Å². The molecule has 142 valence electrons. The van der Waals surface area contributed by atoms with E-state index in [4.69, 9.17) is 10.5 Å². The summed E-state index contributed by atoms with van der Waals surface area (Å²) in [6, 6.07) is 13.6. The number of hydrogen-bond acceptors (Lipinski definition) is 3.